The smallest absolute Gasteiger partial charge is 0.110 e. The van der Waals surface area contributed by atoms with Crippen LogP contribution in [-0.2, 0) is 6.42 Å². The molecule has 96 valence electrons. The third-order valence-electron chi connectivity index (χ3n) is 3.64. The number of hydrogen-bond acceptors (Lipinski definition) is 4. The molecule has 2 rings (SSSR count). The summed E-state index contributed by atoms with van der Waals surface area (Å²) in [6, 6.07) is 1.13. The van der Waals surface area contributed by atoms with Crippen LogP contribution in [0.3, 0.4) is 0 Å². The SMILES string of the molecule is CCc1cnc(C(C)N2CCNCC2CC)s1. The van der Waals surface area contributed by atoms with Crippen molar-refractivity contribution in [3.8, 4) is 0 Å². The van der Waals surface area contributed by atoms with E-state index in [1.807, 2.05) is 17.5 Å². The molecule has 1 aromatic heterocycles. The highest BCUT2D eigenvalue weighted by molar-refractivity contribution is 7.11. The van der Waals surface area contributed by atoms with Gasteiger partial charge in [0, 0.05) is 36.8 Å². The molecule has 0 amide bonds. The Morgan fingerprint density at radius 3 is 3.06 bits per heavy atom. The molecule has 0 aromatic carbocycles. The third kappa shape index (κ3) is 2.87. The Bertz CT molecular complexity index is 350. The number of aromatic nitrogens is 1. The summed E-state index contributed by atoms with van der Waals surface area (Å²) in [5, 5.41) is 4.76. The number of nitrogens with zero attached hydrogens (tertiary/aromatic N) is 2. The van der Waals surface area contributed by atoms with Crippen LogP contribution >= 0.6 is 11.3 Å². The average Bonchev–Trinajstić information content (AvgIpc) is 2.86. The van der Waals surface area contributed by atoms with E-state index in [-0.39, 0.29) is 0 Å². The lowest BCUT2D eigenvalue weighted by molar-refractivity contribution is 0.111. The van der Waals surface area contributed by atoms with Gasteiger partial charge in [0.15, 0.2) is 0 Å². The van der Waals surface area contributed by atoms with Gasteiger partial charge in [0.2, 0.25) is 0 Å². The Labute approximate surface area is 108 Å². The number of aryl methyl sites for hydroxylation is 1. The van der Waals surface area contributed by atoms with Crippen LogP contribution in [0, 0.1) is 0 Å². The van der Waals surface area contributed by atoms with Crippen LogP contribution in [0.15, 0.2) is 6.20 Å². The van der Waals surface area contributed by atoms with Crippen LogP contribution in [0.5, 0.6) is 0 Å². The van der Waals surface area contributed by atoms with Crippen molar-refractivity contribution >= 4 is 11.3 Å². The molecule has 4 heteroatoms. The van der Waals surface area contributed by atoms with Crippen LogP contribution in [-0.4, -0.2) is 35.6 Å². The Kier molecular flexibility index (Phi) is 4.54. The summed E-state index contributed by atoms with van der Waals surface area (Å²) in [6.45, 7) is 10.1. The second-order valence-corrected chi connectivity index (χ2v) is 5.85. The standard InChI is InChI=1S/C13H23N3S/c1-4-11-8-14-6-7-16(11)10(3)13-15-9-12(5-2)17-13/h9-11,14H,4-8H2,1-3H3. The monoisotopic (exact) mass is 253 g/mol. The topological polar surface area (TPSA) is 28.2 Å². The van der Waals surface area contributed by atoms with E-state index >= 15 is 0 Å². The van der Waals surface area contributed by atoms with Crippen molar-refractivity contribution in [1.29, 1.82) is 0 Å². The second kappa shape index (κ2) is 5.94. The Balaban J connectivity index is 2.09. The van der Waals surface area contributed by atoms with E-state index in [1.165, 1.54) is 16.3 Å². The fourth-order valence-corrected chi connectivity index (χ4v) is 3.42. The molecule has 2 unspecified atom stereocenters. The van der Waals surface area contributed by atoms with E-state index in [9.17, 15) is 0 Å². The van der Waals surface area contributed by atoms with Crippen LogP contribution in [0.2, 0.25) is 0 Å². The average molecular weight is 253 g/mol. The van der Waals surface area contributed by atoms with Crippen molar-refractivity contribution in [3.63, 3.8) is 0 Å². The number of thiazole rings is 1. The predicted molar refractivity (Wildman–Crippen MR) is 73.6 cm³/mol. The molecule has 0 aliphatic carbocycles. The normalized spacial score (nSPS) is 23.8. The van der Waals surface area contributed by atoms with Gasteiger partial charge in [-0.3, -0.25) is 4.90 Å². The summed E-state index contributed by atoms with van der Waals surface area (Å²) in [4.78, 5) is 8.59. The first kappa shape index (κ1) is 13.0. The minimum atomic E-state index is 0.465. The van der Waals surface area contributed by atoms with Crippen molar-refractivity contribution in [2.75, 3.05) is 19.6 Å². The maximum Gasteiger partial charge on any atom is 0.110 e. The molecule has 0 spiro atoms. The van der Waals surface area contributed by atoms with E-state index < -0.39 is 0 Å². The van der Waals surface area contributed by atoms with Gasteiger partial charge in [-0.05, 0) is 19.8 Å². The Morgan fingerprint density at radius 1 is 1.59 bits per heavy atom. The quantitative estimate of drug-likeness (QED) is 0.893. The number of rotatable bonds is 4. The molecule has 0 radical (unpaired) electrons. The van der Waals surface area contributed by atoms with Crippen LogP contribution < -0.4 is 5.32 Å². The fourth-order valence-electron chi connectivity index (χ4n) is 2.49. The fraction of sp³-hybridized carbons (Fsp3) is 0.769. The van der Waals surface area contributed by atoms with E-state index in [2.05, 4.69) is 36.0 Å². The molecule has 2 heterocycles. The zero-order valence-electron chi connectivity index (χ0n) is 11.1. The summed E-state index contributed by atoms with van der Waals surface area (Å²) in [6.07, 6.45) is 4.35. The molecule has 1 saturated heterocycles. The summed E-state index contributed by atoms with van der Waals surface area (Å²) in [7, 11) is 0. The van der Waals surface area contributed by atoms with E-state index in [1.54, 1.807) is 0 Å². The van der Waals surface area contributed by atoms with Gasteiger partial charge in [0.05, 0.1) is 6.04 Å². The third-order valence-corrected chi connectivity index (χ3v) is 4.95. The highest BCUT2D eigenvalue weighted by atomic mass is 32.1. The highest BCUT2D eigenvalue weighted by Gasteiger charge is 2.27. The molecule has 1 aromatic rings. The maximum absolute atomic E-state index is 4.59. The molecule has 0 saturated carbocycles. The van der Waals surface area contributed by atoms with Gasteiger partial charge >= 0.3 is 0 Å². The number of hydrogen-bond donors (Lipinski definition) is 1. The lowest BCUT2D eigenvalue weighted by atomic mass is 10.1. The molecular weight excluding hydrogens is 230 g/mol. The van der Waals surface area contributed by atoms with Crippen LogP contribution in [0.25, 0.3) is 0 Å². The molecule has 0 bridgehead atoms. The minimum Gasteiger partial charge on any atom is -0.314 e. The predicted octanol–water partition coefficient (Wildman–Crippen LogP) is 2.45. The zero-order valence-corrected chi connectivity index (χ0v) is 11.9. The van der Waals surface area contributed by atoms with Gasteiger partial charge in [-0.1, -0.05) is 13.8 Å². The summed E-state index contributed by atoms with van der Waals surface area (Å²) >= 11 is 1.87. The van der Waals surface area contributed by atoms with E-state index in [4.69, 9.17) is 0 Å². The Hall–Kier alpha value is -0.450. The van der Waals surface area contributed by atoms with Gasteiger partial charge in [-0.25, -0.2) is 4.98 Å². The van der Waals surface area contributed by atoms with Crippen molar-refractivity contribution in [2.24, 2.45) is 0 Å². The summed E-state index contributed by atoms with van der Waals surface area (Å²) in [5.74, 6) is 0. The maximum atomic E-state index is 4.59. The van der Waals surface area contributed by atoms with Gasteiger partial charge in [0.25, 0.3) is 0 Å². The number of piperazine rings is 1. The molecule has 1 fully saturated rings. The van der Waals surface area contributed by atoms with Gasteiger partial charge in [-0.15, -0.1) is 11.3 Å². The van der Waals surface area contributed by atoms with Gasteiger partial charge in [-0.2, -0.15) is 0 Å². The van der Waals surface area contributed by atoms with Gasteiger partial charge in [0.1, 0.15) is 5.01 Å². The largest absolute Gasteiger partial charge is 0.314 e. The molecule has 2 atom stereocenters. The second-order valence-electron chi connectivity index (χ2n) is 4.70. The van der Waals surface area contributed by atoms with E-state index in [0.717, 1.165) is 26.1 Å². The molecule has 3 nitrogen and oxygen atoms in total. The molecule has 1 aliphatic heterocycles. The first-order chi connectivity index (χ1) is 8.26. The number of nitrogens with one attached hydrogen (secondary N) is 1. The molecule has 17 heavy (non-hydrogen) atoms. The first-order valence-corrected chi connectivity index (χ1v) is 7.49. The summed E-state index contributed by atoms with van der Waals surface area (Å²) in [5.41, 5.74) is 0. The lowest BCUT2D eigenvalue weighted by Crippen LogP contribution is -2.51. The zero-order chi connectivity index (χ0) is 12.3. The molecule has 1 aliphatic rings. The van der Waals surface area contributed by atoms with Crippen LogP contribution in [0.1, 0.15) is 43.1 Å². The summed E-state index contributed by atoms with van der Waals surface area (Å²) < 4.78 is 0. The Morgan fingerprint density at radius 2 is 2.41 bits per heavy atom. The van der Waals surface area contributed by atoms with Crippen LogP contribution in [0.4, 0.5) is 0 Å². The van der Waals surface area contributed by atoms with Gasteiger partial charge < -0.3 is 5.32 Å². The first-order valence-electron chi connectivity index (χ1n) is 6.67. The molecular formula is C13H23N3S. The molecule has 1 N–H and O–H groups in total. The van der Waals surface area contributed by atoms with Crippen molar-refractivity contribution in [3.05, 3.63) is 16.1 Å². The lowest BCUT2D eigenvalue weighted by Gasteiger charge is -2.39. The van der Waals surface area contributed by atoms with E-state index in [0.29, 0.717) is 12.1 Å². The van der Waals surface area contributed by atoms with Crippen molar-refractivity contribution < 1.29 is 0 Å². The van der Waals surface area contributed by atoms with Crippen molar-refractivity contribution in [2.45, 2.75) is 45.7 Å². The van der Waals surface area contributed by atoms with Crippen molar-refractivity contribution in [1.82, 2.24) is 15.2 Å². The minimum absolute atomic E-state index is 0.465. The highest BCUT2D eigenvalue weighted by Crippen LogP contribution is 2.28.